The average Bonchev–Trinajstić information content (AvgIpc) is 2.84. The fourth-order valence-corrected chi connectivity index (χ4v) is 5.34. The number of nitrogens with zero attached hydrogens (tertiary/aromatic N) is 4. The molecule has 3 heterocycles. The van der Waals surface area contributed by atoms with Gasteiger partial charge >= 0.3 is 0 Å². The SMILES string of the molecule is CC(C)=C(C)C(C)c1ccc(N2CCC(C3CCN(c4cnccn4)CC3)CC2)cc1. The van der Waals surface area contributed by atoms with E-state index in [1.165, 1.54) is 61.2 Å². The van der Waals surface area contributed by atoms with E-state index in [1.54, 1.807) is 12.4 Å². The van der Waals surface area contributed by atoms with Crippen LogP contribution in [0.3, 0.4) is 0 Å². The van der Waals surface area contributed by atoms with Crippen LogP contribution in [0.15, 0.2) is 54.0 Å². The van der Waals surface area contributed by atoms with Gasteiger partial charge in [-0.25, -0.2) is 4.98 Å². The molecule has 1 aromatic carbocycles. The summed E-state index contributed by atoms with van der Waals surface area (Å²) < 4.78 is 0. The van der Waals surface area contributed by atoms with Gasteiger partial charge in [0.1, 0.15) is 5.82 Å². The van der Waals surface area contributed by atoms with Crippen molar-refractivity contribution < 1.29 is 0 Å². The molecule has 4 rings (SSSR count). The zero-order chi connectivity index (χ0) is 21.8. The van der Waals surface area contributed by atoms with Crippen molar-refractivity contribution in [3.05, 3.63) is 59.6 Å². The lowest BCUT2D eigenvalue weighted by molar-refractivity contribution is 0.233. The lowest BCUT2D eigenvalue weighted by Crippen LogP contribution is -2.41. The maximum Gasteiger partial charge on any atom is 0.147 e. The minimum atomic E-state index is 0.498. The largest absolute Gasteiger partial charge is 0.372 e. The van der Waals surface area contributed by atoms with Gasteiger partial charge in [0.05, 0.1) is 6.20 Å². The van der Waals surface area contributed by atoms with E-state index in [-0.39, 0.29) is 0 Å². The van der Waals surface area contributed by atoms with E-state index in [4.69, 9.17) is 0 Å². The summed E-state index contributed by atoms with van der Waals surface area (Å²) in [4.78, 5) is 13.7. The first-order valence-corrected chi connectivity index (χ1v) is 12.0. The third kappa shape index (κ3) is 5.11. The molecule has 0 bridgehead atoms. The summed E-state index contributed by atoms with van der Waals surface area (Å²) in [5, 5.41) is 0. The quantitative estimate of drug-likeness (QED) is 0.552. The third-order valence-corrected chi connectivity index (χ3v) is 7.82. The van der Waals surface area contributed by atoms with E-state index in [0.717, 1.165) is 30.7 Å². The summed E-state index contributed by atoms with van der Waals surface area (Å²) >= 11 is 0. The predicted octanol–water partition coefficient (Wildman–Crippen LogP) is 6.07. The molecule has 2 aliphatic heterocycles. The van der Waals surface area contributed by atoms with E-state index >= 15 is 0 Å². The highest BCUT2D eigenvalue weighted by molar-refractivity contribution is 5.49. The van der Waals surface area contributed by atoms with Crippen molar-refractivity contribution in [2.24, 2.45) is 11.8 Å². The van der Waals surface area contributed by atoms with Crippen molar-refractivity contribution in [2.45, 2.75) is 59.3 Å². The van der Waals surface area contributed by atoms with Crippen molar-refractivity contribution in [3.8, 4) is 0 Å². The number of anilines is 2. The molecule has 0 N–H and O–H groups in total. The Balaban J connectivity index is 1.28. The number of rotatable bonds is 5. The van der Waals surface area contributed by atoms with Crippen molar-refractivity contribution >= 4 is 11.5 Å². The Morgan fingerprint density at radius 1 is 0.839 bits per heavy atom. The molecule has 0 aliphatic carbocycles. The van der Waals surface area contributed by atoms with Gasteiger partial charge in [-0.3, -0.25) is 4.98 Å². The summed E-state index contributed by atoms with van der Waals surface area (Å²) in [6.45, 7) is 13.6. The van der Waals surface area contributed by atoms with E-state index in [1.807, 2.05) is 6.20 Å². The minimum Gasteiger partial charge on any atom is -0.372 e. The zero-order valence-electron chi connectivity index (χ0n) is 19.7. The summed E-state index contributed by atoms with van der Waals surface area (Å²) in [7, 11) is 0. The second-order valence-electron chi connectivity index (χ2n) is 9.71. The van der Waals surface area contributed by atoms with Crippen molar-refractivity contribution in [1.29, 1.82) is 0 Å². The Morgan fingerprint density at radius 2 is 1.42 bits per heavy atom. The highest BCUT2D eigenvalue weighted by atomic mass is 15.2. The number of allylic oxidation sites excluding steroid dienone is 2. The van der Waals surface area contributed by atoms with Crippen LogP contribution in [0.5, 0.6) is 0 Å². The molecule has 4 heteroatoms. The van der Waals surface area contributed by atoms with Crippen LogP contribution in [-0.4, -0.2) is 36.1 Å². The molecule has 0 spiro atoms. The Bertz CT molecular complexity index is 854. The van der Waals surface area contributed by atoms with E-state index in [0.29, 0.717) is 5.92 Å². The van der Waals surface area contributed by atoms with Crippen molar-refractivity contribution in [2.75, 3.05) is 36.0 Å². The number of hydrogen-bond donors (Lipinski definition) is 0. The molecule has 0 radical (unpaired) electrons. The van der Waals surface area contributed by atoms with Gasteiger partial charge in [0.15, 0.2) is 0 Å². The highest BCUT2D eigenvalue weighted by Gasteiger charge is 2.30. The van der Waals surface area contributed by atoms with Crippen LogP contribution in [0.4, 0.5) is 11.5 Å². The number of piperidine rings is 2. The highest BCUT2D eigenvalue weighted by Crippen LogP contribution is 2.35. The first-order chi connectivity index (χ1) is 15.0. The normalized spacial score (nSPS) is 19.4. The minimum absolute atomic E-state index is 0.498. The Kier molecular flexibility index (Phi) is 6.94. The van der Waals surface area contributed by atoms with E-state index in [2.05, 4.69) is 71.7 Å². The molecule has 1 unspecified atom stereocenters. The van der Waals surface area contributed by atoms with Gasteiger partial charge in [-0.05, 0) is 76.0 Å². The zero-order valence-corrected chi connectivity index (χ0v) is 19.7. The molecular weight excluding hydrogens is 380 g/mol. The van der Waals surface area contributed by atoms with Gasteiger partial charge in [-0.2, -0.15) is 0 Å². The Labute approximate surface area is 188 Å². The van der Waals surface area contributed by atoms with Crippen LogP contribution >= 0.6 is 0 Å². The summed E-state index contributed by atoms with van der Waals surface area (Å²) in [6, 6.07) is 9.34. The molecule has 0 saturated carbocycles. The van der Waals surface area contributed by atoms with Gasteiger partial charge in [-0.1, -0.05) is 30.2 Å². The Morgan fingerprint density at radius 3 is 1.94 bits per heavy atom. The molecule has 1 aromatic heterocycles. The topological polar surface area (TPSA) is 32.3 Å². The lowest BCUT2D eigenvalue weighted by atomic mass is 9.78. The maximum atomic E-state index is 4.47. The molecule has 2 aromatic rings. The number of benzene rings is 1. The smallest absolute Gasteiger partial charge is 0.147 e. The molecule has 1 atom stereocenters. The van der Waals surface area contributed by atoms with Crippen LogP contribution in [0.25, 0.3) is 0 Å². The first-order valence-electron chi connectivity index (χ1n) is 12.0. The van der Waals surface area contributed by atoms with Crippen LogP contribution in [0, 0.1) is 11.8 Å². The monoisotopic (exact) mass is 418 g/mol. The second-order valence-corrected chi connectivity index (χ2v) is 9.71. The van der Waals surface area contributed by atoms with Crippen LogP contribution in [0.1, 0.15) is 64.9 Å². The fraction of sp³-hybridized carbons (Fsp3) is 0.556. The van der Waals surface area contributed by atoms with Crippen LogP contribution in [0.2, 0.25) is 0 Å². The molecular formula is C27H38N4. The van der Waals surface area contributed by atoms with Crippen molar-refractivity contribution in [1.82, 2.24) is 9.97 Å². The molecule has 31 heavy (non-hydrogen) atoms. The molecule has 2 saturated heterocycles. The van der Waals surface area contributed by atoms with E-state index in [9.17, 15) is 0 Å². The van der Waals surface area contributed by atoms with Crippen LogP contribution < -0.4 is 9.80 Å². The second kappa shape index (κ2) is 9.84. The molecule has 2 aliphatic rings. The average molecular weight is 419 g/mol. The van der Waals surface area contributed by atoms with Gasteiger partial charge in [-0.15, -0.1) is 0 Å². The summed E-state index contributed by atoms with van der Waals surface area (Å²) in [5.74, 6) is 3.27. The summed E-state index contributed by atoms with van der Waals surface area (Å²) in [5.41, 5.74) is 5.73. The van der Waals surface area contributed by atoms with Gasteiger partial charge in [0, 0.05) is 50.2 Å². The third-order valence-electron chi connectivity index (χ3n) is 7.82. The molecule has 0 amide bonds. The van der Waals surface area contributed by atoms with Gasteiger partial charge in [0.25, 0.3) is 0 Å². The molecule has 4 nitrogen and oxygen atoms in total. The standard InChI is InChI=1S/C27H38N4/c1-20(2)21(3)22(4)23-5-7-26(8-6-23)30-15-9-24(10-16-30)25-11-17-31(18-12-25)27-19-28-13-14-29-27/h5-8,13-14,19,22,24-25H,9-12,15-18H2,1-4H3. The Hall–Kier alpha value is -2.36. The summed E-state index contributed by atoms with van der Waals surface area (Å²) in [6.07, 6.45) is 10.7. The van der Waals surface area contributed by atoms with Crippen molar-refractivity contribution in [3.63, 3.8) is 0 Å². The number of aromatic nitrogens is 2. The molecule has 2 fully saturated rings. The lowest BCUT2D eigenvalue weighted by Gasteiger charge is -2.41. The molecule has 166 valence electrons. The predicted molar refractivity (Wildman–Crippen MR) is 131 cm³/mol. The fourth-order valence-electron chi connectivity index (χ4n) is 5.34. The van der Waals surface area contributed by atoms with E-state index < -0.39 is 0 Å². The first kappa shape index (κ1) is 21.9. The maximum absolute atomic E-state index is 4.47. The van der Waals surface area contributed by atoms with Crippen LogP contribution in [-0.2, 0) is 0 Å². The van der Waals surface area contributed by atoms with Gasteiger partial charge in [0.2, 0.25) is 0 Å². The van der Waals surface area contributed by atoms with Gasteiger partial charge < -0.3 is 9.80 Å². The number of hydrogen-bond acceptors (Lipinski definition) is 4.